The first-order valence-corrected chi connectivity index (χ1v) is 7.50. The highest BCUT2D eigenvalue weighted by Gasteiger charge is 2.18. The molecule has 2 fully saturated rings. The van der Waals surface area contributed by atoms with Crippen molar-refractivity contribution in [2.75, 3.05) is 0 Å². The number of rotatable bonds is 3. The molecular weight excluding hydrogens is 206 g/mol. The molecule has 2 aliphatic carbocycles. The van der Waals surface area contributed by atoms with Crippen molar-refractivity contribution in [3.63, 3.8) is 0 Å². The van der Waals surface area contributed by atoms with Gasteiger partial charge in [-0.2, -0.15) is 0 Å². The minimum absolute atomic E-state index is 0.797. The predicted molar refractivity (Wildman–Crippen MR) is 74.6 cm³/mol. The van der Waals surface area contributed by atoms with Crippen LogP contribution in [0.1, 0.15) is 64.2 Å². The fourth-order valence-electron chi connectivity index (χ4n) is 3.45. The van der Waals surface area contributed by atoms with Crippen LogP contribution < -0.4 is 5.73 Å². The molecular formula is C16H27N. The lowest BCUT2D eigenvalue weighted by molar-refractivity contribution is 0.391. The van der Waals surface area contributed by atoms with Gasteiger partial charge >= 0.3 is 0 Å². The maximum absolute atomic E-state index is 5.62. The minimum atomic E-state index is 0.797. The van der Waals surface area contributed by atoms with Gasteiger partial charge in [-0.25, -0.2) is 0 Å². The fourth-order valence-corrected chi connectivity index (χ4v) is 3.45. The van der Waals surface area contributed by atoms with E-state index in [1.54, 1.807) is 11.8 Å². The molecule has 2 aliphatic rings. The Morgan fingerprint density at radius 2 is 1.41 bits per heavy atom. The van der Waals surface area contributed by atoms with Gasteiger partial charge in [-0.1, -0.05) is 44.6 Å². The molecule has 2 saturated carbocycles. The summed E-state index contributed by atoms with van der Waals surface area (Å²) in [6.07, 6.45) is 20.5. The first kappa shape index (κ1) is 12.7. The van der Waals surface area contributed by atoms with Gasteiger partial charge < -0.3 is 5.73 Å². The SMILES string of the molecule is N/C=C\C(=C\C1CCCCC1)C1CCCCC1. The fraction of sp³-hybridized carbons (Fsp3) is 0.750. The molecule has 0 amide bonds. The van der Waals surface area contributed by atoms with Gasteiger partial charge in [-0.3, -0.25) is 0 Å². The van der Waals surface area contributed by atoms with Crippen molar-refractivity contribution >= 4 is 0 Å². The van der Waals surface area contributed by atoms with Gasteiger partial charge in [0.05, 0.1) is 0 Å². The molecule has 1 nitrogen and oxygen atoms in total. The predicted octanol–water partition coefficient (Wildman–Crippen LogP) is 4.55. The molecule has 0 saturated heterocycles. The van der Waals surface area contributed by atoms with Crippen LogP contribution in [-0.2, 0) is 0 Å². The van der Waals surface area contributed by atoms with E-state index in [1.807, 2.05) is 0 Å². The smallest absolute Gasteiger partial charge is 0.00596 e. The van der Waals surface area contributed by atoms with Gasteiger partial charge in [0, 0.05) is 0 Å². The zero-order chi connectivity index (χ0) is 11.9. The maximum atomic E-state index is 5.62. The van der Waals surface area contributed by atoms with E-state index in [2.05, 4.69) is 12.2 Å². The molecule has 2 N–H and O–H groups in total. The lowest BCUT2D eigenvalue weighted by atomic mass is 9.80. The highest BCUT2D eigenvalue weighted by Crippen LogP contribution is 2.33. The van der Waals surface area contributed by atoms with Crippen LogP contribution in [0.15, 0.2) is 23.9 Å². The van der Waals surface area contributed by atoms with Crippen molar-refractivity contribution < 1.29 is 0 Å². The van der Waals surface area contributed by atoms with Gasteiger partial charge in [0.25, 0.3) is 0 Å². The molecule has 0 heterocycles. The summed E-state index contributed by atoms with van der Waals surface area (Å²) in [5.41, 5.74) is 7.16. The Bertz CT molecular complexity index is 265. The molecule has 0 bridgehead atoms. The molecule has 0 radical (unpaired) electrons. The molecule has 0 atom stereocenters. The molecule has 0 aromatic heterocycles. The van der Waals surface area contributed by atoms with Gasteiger partial charge in [-0.05, 0) is 55.4 Å². The van der Waals surface area contributed by atoms with Crippen LogP contribution in [0.5, 0.6) is 0 Å². The van der Waals surface area contributed by atoms with Gasteiger partial charge in [0.1, 0.15) is 0 Å². The molecule has 2 rings (SSSR count). The normalized spacial score (nSPS) is 25.5. The molecule has 96 valence electrons. The second kappa shape index (κ2) is 6.88. The second-order valence-corrected chi connectivity index (χ2v) is 5.76. The van der Waals surface area contributed by atoms with E-state index >= 15 is 0 Å². The summed E-state index contributed by atoms with van der Waals surface area (Å²) in [6.45, 7) is 0. The van der Waals surface area contributed by atoms with Crippen molar-refractivity contribution in [3.8, 4) is 0 Å². The van der Waals surface area contributed by atoms with E-state index < -0.39 is 0 Å². The summed E-state index contributed by atoms with van der Waals surface area (Å²) in [4.78, 5) is 0. The molecule has 0 aromatic rings. The third-order valence-corrected chi connectivity index (χ3v) is 4.44. The van der Waals surface area contributed by atoms with Crippen LogP contribution in [-0.4, -0.2) is 0 Å². The van der Waals surface area contributed by atoms with Crippen LogP contribution in [0.4, 0.5) is 0 Å². The molecule has 1 heteroatoms. The molecule has 0 aliphatic heterocycles. The quantitative estimate of drug-likeness (QED) is 0.711. The van der Waals surface area contributed by atoms with E-state index in [1.165, 1.54) is 64.2 Å². The van der Waals surface area contributed by atoms with Crippen molar-refractivity contribution in [2.45, 2.75) is 64.2 Å². The largest absolute Gasteiger partial charge is 0.405 e. The van der Waals surface area contributed by atoms with E-state index in [4.69, 9.17) is 5.73 Å². The van der Waals surface area contributed by atoms with Crippen LogP contribution in [0.3, 0.4) is 0 Å². The maximum Gasteiger partial charge on any atom is -0.00596 e. The Morgan fingerprint density at radius 1 is 0.824 bits per heavy atom. The first-order chi connectivity index (χ1) is 8.40. The molecule has 0 aromatic carbocycles. The van der Waals surface area contributed by atoms with Crippen molar-refractivity contribution in [2.24, 2.45) is 17.6 Å². The Morgan fingerprint density at radius 3 is 2.00 bits per heavy atom. The van der Waals surface area contributed by atoms with Gasteiger partial charge in [0.15, 0.2) is 0 Å². The van der Waals surface area contributed by atoms with E-state index in [-0.39, 0.29) is 0 Å². The lowest BCUT2D eigenvalue weighted by Gasteiger charge is -2.25. The number of allylic oxidation sites excluding steroid dienone is 3. The highest BCUT2D eigenvalue weighted by molar-refractivity contribution is 5.22. The van der Waals surface area contributed by atoms with Crippen molar-refractivity contribution in [3.05, 3.63) is 23.9 Å². The monoisotopic (exact) mass is 233 g/mol. The highest BCUT2D eigenvalue weighted by atomic mass is 14.5. The van der Waals surface area contributed by atoms with E-state index in [0.29, 0.717) is 0 Å². The lowest BCUT2D eigenvalue weighted by Crippen LogP contribution is -2.11. The number of nitrogens with two attached hydrogens (primary N) is 1. The van der Waals surface area contributed by atoms with Gasteiger partial charge in [0.2, 0.25) is 0 Å². The minimum Gasteiger partial charge on any atom is -0.405 e. The summed E-state index contributed by atoms with van der Waals surface area (Å²) >= 11 is 0. The average Bonchev–Trinajstić information content (AvgIpc) is 2.40. The second-order valence-electron chi connectivity index (χ2n) is 5.76. The van der Waals surface area contributed by atoms with Gasteiger partial charge in [-0.15, -0.1) is 0 Å². The van der Waals surface area contributed by atoms with Crippen LogP contribution in [0.2, 0.25) is 0 Å². The summed E-state index contributed by atoms with van der Waals surface area (Å²) < 4.78 is 0. The molecule has 0 unspecified atom stereocenters. The Labute approximate surface area is 106 Å². The van der Waals surface area contributed by atoms with Crippen molar-refractivity contribution in [1.29, 1.82) is 0 Å². The Kier molecular flexibility index (Phi) is 5.15. The topological polar surface area (TPSA) is 26.0 Å². The van der Waals surface area contributed by atoms with E-state index in [9.17, 15) is 0 Å². The summed E-state index contributed by atoms with van der Waals surface area (Å²) in [5, 5.41) is 0. The third kappa shape index (κ3) is 3.90. The number of hydrogen-bond donors (Lipinski definition) is 1. The van der Waals surface area contributed by atoms with Crippen LogP contribution >= 0.6 is 0 Å². The molecule has 17 heavy (non-hydrogen) atoms. The third-order valence-electron chi connectivity index (χ3n) is 4.44. The summed E-state index contributed by atoms with van der Waals surface area (Å²) in [5.74, 6) is 1.63. The summed E-state index contributed by atoms with van der Waals surface area (Å²) in [6, 6.07) is 0. The standard InChI is InChI=1S/C16H27N/c17-12-11-16(15-9-5-2-6-10-15)13-14-7-3-1-4-8-14/h11-15H,1-10,17H2/b12-11-,16-13-. The van der Waals surface area contributed by atoms with Crippen LogP contribution in [0.25, 0.3) is 0 Å². The molecule has 0 spiro atoms. The Hall–Kier alpha value is -0.720. The van der Waals surface area contributed by atoms with Crippen molar-refractivity contribution in [1.82, 2.24) is 0 Å². The number of hydrogen-bond acceptors (Lipinski definition) is 1. The summed E-state index contributed by atoms with van der Waals surface area (Å²) in [7, 11) is 0. The zero-order valence-electron chi connectivity index (χ0n) is 11.0. The first-order valence-electron chi connectivity index (χ1n) is 7.50. The average molecular weight is 233 g/mol. The Balaban J connectivity index is 2.01. The van der Waals surface area contributed by atoms with Crippen LogP contribution in [0, 0.1) is 11.8 Å². The zero-order valence-corrected chi connectivity index (χ0v) is 11.0. The van der Waals surface area contributed by atoms with E-state index in [0.717, 1.165) is 11.8 Å².